The van der Waals surface area contributed by atoms with Crippen LogP contribution in [0.15, 0.2) is 27.8 Å². The monoisotopic (exact) mass is 302 g/mol. The van der Waals surface area contributed by atoms with Crippen molar-refractivity contribution in [3.63, 3.8) is 0 Å². The first-order valence-electron chi connectivity index (χ1n) is 6.13. The van der Waals surface area contributed by atoms with E-state index in [4.69, 9.17) is 9.84 Å². The van der Waals surface area contributed by atoms with E-state index in [1.54, 1.807) is 0 Å². The molecule has 0 saturated heterocycles. The van der Waals surface area contributed by atoms with E-state index in [2.05, 4.69) is 19.9 Å². The largest absolute Gasteiger partial charge is 0.496 e. The molecule has 0 spiro atoms. The second-order valence-corrected chi connectivity index (χ2v) is 4.44. The number of aromatic nitrogens is 4. The molecule has 0 atom stereocenters. The number of hydrogen-bond donors (Lipinski definition) is 4. The van der Waals surface area contributed by atoms with Crippen LogP contribution in [-0.2, 0) is 0 Å². The molecule has 2 heterocycles. The first-order chi connectivity index (χ1) is 10.5. The molecule has 0 aliphatic carbocycles. The number of imidazole rings is 1. The molecule has 1 aromatic carbocycles. The quantitative estimate of drug-likeness (QED) is 0.549. The molecule has 0 radical (unpaired) electrons. The number of hydrogen-bond acceptors (Lipinski definition) is 5. The maximum atomic E-state index is 11.7. The minimum absolute atomic E-state index is 0.0583. The molecule has 0 bridgehead atoms. The van der Waals surface area contributed by atoms with Crippen molar-refractivity contribution in [1.82, 2.24) is 19.9 Å². The number of carbonyl (C=O) groups is 1. The maximum absolute atomic E-state index is 11.7. The third-order valence-corrected chi connectivity index (χ3v) is 3.09. The van der Waals surface area contributed by atoms with Crippen molar-refractivity contribution in [3.8, 4) is 17.1 Å². The molecule has 0 saturated carbocycles. The Labute approximate surface area is 121 Å². The number of aromatic amines is 3. The zero-order valence-electron chi connectivity index (χ0n) is 11.3. The van der Waals surface area contributed by atoms with Crippen LogP contribution in [0.4, 0.5) is 0 Å². The summed E-state index contributed by atoms with van der Waals surface area (Å²) < 4.78 is 5.16. The molecular formula is C13H10N4O5. The van der Waals surface area contributed by atoms with E-state index >= 15 is 0 Å². The molecule has 22 heavy (non-hydrogen) atoms. The second-order valence-electron chi connectivity index (χ2n) is 4.44. The van der Waals surface area contributed by atoms with Crippen molar-refractivity contribution in [2.24, 2.45) is 0 Å². The maximum Gasteiger partial charge on any atom is 0.335 e. The van der Waals surface area contributed by atoms with Gasteiger partial charge in [-0.2, -0.15) is 0 Å². The molecule has 0 amide bonds. The highest BCUT2D eigenvalue weighted by atomic mass is 16.5. The lowest BCUT2D eigenvalue weighted by atomic mass is 10.1. The van der Waals surface area contributed by atoms with Crippen molar-refractivity contribution in [1.29, 1.82) is 0 Å². The minimum atomic E-state index is -1.09. The molecule has 9 heteroatoms. The van der Waals surface area contributed by atoms with E-state index in [0.29, 0.717) is 5.56 Å². The predicted octanol–water partition coefficient (Wildman–Crippen LogP) is 0.313. The van der Waals surface area contributed by atoms with Gasteiger partial charge in [0.05, 0.1) is 18.2 Å². The predicted molar refractivity (Wildman–Crippen MR) is 76.3 cm³/mol. The van der Waals surface area contributed by atoms with Crippen LogP contribution in [0.25, 0.3) is 22.6 Å². The third kappa shape index (κ3) is 2.14. The Morgan fingerprint density at radius 2 is 2.00 bits per heavy atom. The van der Waals surface area contributed by atoms with E-state index < -0.39 is 17.2 Å². The molecule has 0 unspecified atom stereocenters. The summed E-state index contributed by atoms with van der Waals surface area (Å²) in [4.78, 5) is 45.3. The molecule has 0 aliphatic heterocycles. The zero-order valence-corrected chi connectivity index (χ0v) is 11.3. The number of benzene rings is 1. The number of aromatic carboxylic acids is 1. The highest BCUT2D eigenvalue weighted by Gasteiger charge is 2.15. The van der Waals surface area contributed by atoms with E-state index in [1.807, 2.05) is 0 Å². The van der Waals surface area contributed by atoms with E-state index in [-0.39, 0.29) is 28.3 Å². The summed E-state index contributed by atoms with van der Waals surface area (Å²) in [5, 5.41) is 8.98. The lowest BCUT2D eigenvalue weighted by Crippen LogP contribution is -2.21. The summed E-state index contributed by atoms with van der Waals surface area (Å²) in [5.41, 5.74) is -0.527. The van der Waals surface area contributed by atoms with Gasteiger partial charge in [-0.25, -0.2) is 14.6 Å². The third-order valence-electron chi connectivity index (χ3n) is 3.09. The van der Waals surface area contributed by atoms with Crippen molar-refractivity contribution in [3.05, 3.63) is 44.6 Å². The van der Waals surface area contributed by atoms with Crippen LogP contribution in [0, 0.1) is 0 Å². The molecule has 0 aliphatic rings. The zero-order chi connectivity index (χ0) is 15.9. The van der Waals surface area contributed by atoms with Gasteiger partial charge in [0.15, 0.2) is 5.65 Å². The van der Waals surface area contributed by atoms with Crippen LogP contribution < -0.4 is 16.0 Å². The standard InChI is InChI=1S/C13H10N4O5/c1-22-7-4-5(12(19)20)2-3-6(7)9-14-8-10(15-9)16-13(21)17-11(8)18/h2-4H,1H3,(H,19,20)(H3,14,15,16,17,18,21). The van der Waals surface area contributed by atoms with Gasteiger partial charge < -0.3 is 14.8 Å². The Hall–Kier alpha value is -3.36. The van der Waals surface area contributed by atoms with Gasteiger partial charge in [-0.1, -0.05) is 0 Å². The average Bonchev–Trinajstić information content (AvgIpc) is 2.90. The smallest absolute Gasteiger partial charge is 0.335 e. The number of methoxy groups -OCH3 is 1. The molecule has 9 nitrogen and oxygen atoms in total. The first kappa shape index (κ1) is 13.6. The molecule has 2 aromatic heterocycles. The van der Waals surface area contributed by atoms with Crippen LogP contribution in [0.3, 0.4) is 0 Å². The Balaban J connectivity index is 2.23. The van der Waals surface area contributed by atoms with Gasteiger partial charge in [0.1, 0.15) is 17.1 Å². The fourth-order valence-corrected chi connectivity index (χ4v) is 2.08. The molecule has 3 aromatic rings. The SMILES string of the molecule is COc1cc(C(=O)O)ccc1-c1nc2[nH]c(=O)[nH]c(=O)c2[nH]1. The minimum Gasteiger partial charge on any atom is -0.496 e. The molecule has 4 N–H and O–H groups in total. The van der Waals surface area contributed by atoms with Gasteiger partial charge in [0.2, 0.25) is 0 Å². The Bertz CT molecular complexity index is 998. The van der Waals surface area contributed by atoms with Crippen LogP contribution in [0.1, 0.15) is 10.4 Å². The lowest BCUT2D eigenvalue weighted by Gasteiger charge is -2.06. The Morgan fingerprint density at radius 1 is 1.23 bits per heavy atom. The second kappa shape index (κ2) is 4.88. The number of fused-ring (bicyclic) bond motifs is 1. The lowest BCUT2D eigenvalue weighted by molar-refractivity contribution is 0.0696. The highest BCUT2D eigenvalue weighted by Crippen LogP contribution is 2.29. The molecule has 112 valence electrons. The summed E-state index contributed by atoms with van der Waals surface area (Å²) >= 11 is 0. The van der Waals surface area contributed by atoms with Gasteiger partial charge in [0.25, 0.3) is 5.56 Å². The normalized spacial score (nSPS) is 10.8. The summed E-state index contributed by atoms with van der Waals surface area (Å²) in [5.74, 6) is -0.538. The molecule has 3 rings (SSSR count). The summed E-state index contributed by atoms with van der Waals surface area (Å²) in [6.07, 6.45) is 0. The van der Waals surface area contributed by atoms with Crippen molar-refractivity contribution in [2.45, 2.75) is 0 Å². The van der Waals surface area contributed by atoms with Gasteiger partial charge >= 0.3 is 11.7 Å². The Morgan fingerprint density at radius 3 is 2.68 bits per heavy atom. The van der Waals surface area contributed by atoms with Crippen molar-refractivity contribution >= 4 is 17.1 Å². The van der Waals surface area contributed by atoms with E-state index in [0.717, 1.165) is 0 Å². The highest BCUT2D eigenvalue weighted by molar-refractivity contribution is 5.89. The topological polar surface area (TPSA) is 141 Å². The van der Waals surface area contributed by atoms with Crippen molar-refractivity contribution in [2.75, 3.05) is 7.11 Å². The summed E-state index contributed by atoms with van der Waals surface area (Å²) in [6.45, 7) is 0. The van der Waals surface area contributed by atoms with Crippen LogP contribution >= 0.6 is 0 Å². The van der Waals surface area contributed by atoms with Gasteiger partial charge in [-0.05, 0) is 18.2 Å². The first-order valence-corrected chi connectivity index (χ1v) is 6.13. The number of rotatable bonds is 3. The fourth-order valence-electron chi connectivity index (χ4n) is 2.08. The van der Waals surface area contributed by atoms with Gasteiger partial charge in [0, 0.05) is 0 Å². The number of carboxylic acids is 1. The summed E-state index contributed by atoms with van der Waals surface area (Å²) in [7, 11) is 1.39. The number of H-pyrrole nitrogens is 3. The van der Waals surface area contributed by atoms with Gasteiger partial charge in [-0.15, -0.1) is 0 Å². The molecule has 0 fully saturated rings. The Kier molecular flexibility index (Phi) is 3.02. The fraction of sp³-hybridized carbons (Fsp3) is 0.0769. The van der Waals surface area contributed by atoms with Crippen LogP contribution in [0.5, 0.6) is 5.75 Å². The number of ether oxygens (including phenoxy) is 1. The van der Waals surface area contributed by atoms with Crippen LogP contribution in [0.2, 0.25) is 0 Å². The number of nitrogens with one attached hydrogen (secondary N) is 3. The van der Waals surface area contributed by atoms with E-state index in [9.17, 15) is 14.4 Å². The number of carboxylic acid groups (broad SMARTS) is 1. The van der Waals surface area contributed by atoms with Crippen molar-refractivity contribution < 1.29 is 14.6 Å². The van der Waals surface area contributed by atoms with Gasteiger partial charge in [-0.3, -0.25) is 14.8 Å². The average molecular weight is 302 g/mol. The number of nitrogens with zero attached hydrogens (tertiary/aromatic N) is 1. The summed E-state index contributed by atoms with van der Waals surface area (Å²) in [6, 6.07) is 4.24. The van der Waals surface area contributed by atoms with Crippen LogP contribution in [-0.4, -0.2) is 38.1 Å². The molecular weight excluding hydrogens is 292 g/mol. The van der Waals surface area contributed by atoms with E-state index in [1.165, 1.54) is 25.3 Å².